The van der Waals surface area contributed by atoms with Crippen LogP contribution in [0.25, 0.3) is 0 Å². The smallest absolute Gasteiger partial charge is 0.318 e. The minimum atomic E-state index is -0.0859. The van der Waals surface area contributed by atoms with Crippen molar-refractivity contribution in [2.24, 2.45) is 0 Å². The number of carbonyl (C=O) groups excluding carboxylic acids is 1. The fourth-order valence-corrected chi connectivity index (χ4v) is 2.49. The molecule has 0 fully saturated rings. The molecule has 2 aromatic heterocycles. The maximum atomic E-state index is 12.3. The predicted molar refractivity (Wildman–Crippen MR) is 83.1 cm³/mol. The average Bonchev–Trinajstić information content (AvgIpc) is 3.03. The third kappa shape index (κ3) is 5.17. The number of pyridine rings is 1. The van der Waals surface area contributed by atoms with Gasteiger partial charge < -0.3 is 15.0 Å². The molecule has 5 nitrogen and oxygen atoms in total. The van der Waals surface area contributed by atoms with Crippen LogP contribution in [0.3, 0.4) is 0 Å². The van der Waals surface area contributed by atoms with Gasteiger partial charge >= 0.3 is 6.03 Å². The number of nitrogens with zero attached hydrogens (tertiary/aromatic N) is 2. The second-order valence-electron chi connectivity index (χ2n) is 4.51. The van der Waals surface area contributed by atoms with Crippen LogP contribution >= 0.6 is 11.3 Å². The van der Waals surface area contributed by atoms with Crippen LogP contribution in [0, 0.1) is 0 Å². The number of rotatable bonds is 7. The lowest BCUT2D eigenvalue weighted by molar-refractivity contribution is 0.146. The molecular formula is C15H19N3O2S. The van der Waals surface area contributed by atoms with Gasteiger partial charge in [0.2, 0.25) is 0 Å². The molecule has 0 spiro atoms. The Morgan fingerprint density at radius 2 is 2.19 bits per heavy atom. The molecule has 2 heterocycles. The van der Waals surface area contributed by atoms with Gasteiger partial charge in [0.1, 0.15) is 0 Å². The Morgan fingerprint density at radius 1 is 1.38 bits per heavy atom. The summed E-state index contributed by atoms with van der Waals surface area (Å²) in [6.07, 6.45) is 3.46. The number of ether oxygens (including phenoxy) is 1. The zero-order valence-electron chi connectivity index (χ0n) is 12.0. The lowest BCUT2D eigenvalue weighted by Crippen LogP contribution is -2.40. The summed E-state index contributed by atoms with van der Waals surface area (Å²) in [6, 6.07) is 7.72. The third-order valence-corrected chi connectivity index (χ3v) is 3.85. The predicted octanol–water partition coefficient (Wildman–Crippen LogP) is 2.50. The summed E-state index contributed by atoms with van der Waals surface area (Å²) < 4.78 is 5.08. The molecule has 6 heteroatoms. The van der Waals surface area contributed by atoms with Gasteiger partial charge in [0.25, 0.3) is 0 Å². The first-order valence-electron chi connectivity index (χ1n) is 6.72. The van der Waals surface area contributed by atoms with Crippen LogP contribution in [0.1, 0.15) is 10.4 Å². The number of amides is 2. The van der Waals surface area contributed by atoms with E-state index in [1.807, 2.05) is 29.6 Å². The van der Waals surface area contributed by atoms with E-state index in [-0.39, 0.29) is 6.03 Å². The minimum absolute atomic E-state index is 0.0859. The van der Waals surface area contributed by atoms with Crippen molar-refractivity contribution in [3.63, 3.8) is 0 Å². The van der Waals surface area contributed by atoms with Crippen molar-refractivity contribution in [1.29, 1.82) is 0 Å². The summed E-state index contributed by atoms with van der Waals surface area (Å²) in [6.45, 7) is 2.16. The Labute approximate surface area is 128 Å². The van der Waals surface area contributed by atoms with E-state index in [0.29, 0.717) is 26.2 Å². The van der Waals surface area contributed by atoms with Crippen LogP contribution in [0.5, 0.6) is 0 Å². The summed E-state index contributed by atoms with van der Waals surface area (Å²) in [4.78, 5) is 19.2. The van der Waals surface area contributed by atoms with Gasteiger partial charge in [0, 0.05) is 37.5 Å². The van der Waals surface area contributed by atoms with Gasteiger partial charge in [0.15, 0.2) is 0 Å². The van der Waals surface area contributed by atoms with E-state index < -0.39 is 0 Å². The molecule has 0 aliphatic carbocycles. The van der Waals surface area contributed by atoms with Crippen molar-refractivity contribution >= 4 is 17.4 Å². The maximum absolute atomic E-state index is 12.3. The number of urea groups is 1. The number of carbonyl (C=O) groups is 1. The molecule has 0 aliphatic heterocycles. The minimum Gasteiger partial charge on any atom is -0.383 e. The van der Waals surface area contributed by atoms with Gasteiger partial charge in [-0.15, -0.1) is 11.3 Å². The van der Waals surface area contributed by atoms with Gasteiger partial charge in [0.05, 0.1) is 13.2 Å². The first-order valence-corrected chi connectivity index (χ1v) is 7.60. The zero-order chi connectivity index (χ0) is 14.9. The second kappa shape index (κ2) is 8.39. The highest BCUT2D eigenvalue weighted by molar-refractivity contribution is 7.09. The van der Waals surface area contributed by atoms with E-state index in [9.17, 15) is 4.79 Å². The molecule has 2 aromatic rings. The molecule has 2 rings (SSSR count). The van der Waals surface area contributed by atoms with Crippen LogP contribution in [0.4, 0.5) is 4.79 Å². The van der Waals surface area contributed by atoms with Gasteiger partial charge in [-0.2, -0.15) is 0 Å². The Bertz CT molecular complexity index is 531. The highest BCUT2D eigenvalue weighted by atomic mass is 32.1. The SMILES string of the molecule is COCCN(Cc1ccncc1)C(=O)NCc1cccs1. The molecule has 1 N–H and O–H groups in total. The maximum Gasteiger partial charge on any atom is 0.318 e. The lowest BCUT2D eigenvalue weighted by atomic mass is 10.2. The molecule has 0 bridgehead atoms. The Kier molecular flexibility index (Phi) is 6.18. The van der Waals surface area contributed by atoms with Crippen LogP contribution in [-0.4, -0.2) is 36.2 Å². The first kappa shape index (κ1) is 15.5. The number of methoxy groups -OCH3 is 1. The molecule has 0 atom stereocenters. The second-order valence-corrected chi connectivity index (χ2v) is 5.54. The van der Waals surface area contributed by atoms with Crippen LogP contribution < -0.4 is 5.32 Å². The monoisotopic (exact) mass is 305 g/mol. The van der Waals surface area contributed by atoms with Crippen molar-refractivity contribution in [3.05, 3.63) is 52.5 Å². The Hall–Kier alpha value is -1.92. The largest absolute Gasteiger partial charge is 0.383 e. The molecule has 0 saturated carbocycles. The molecular weight excluding hydrogens is 286 g/mol. The molecule has 0 aromatic carbocycles. The van der Waals surface area contributed by atoms with Crippen molar-refractivity contribution in [1.82, 2.24) is 15.2 Å². The lowest BCUT2D eigenvalue weighted by Gasteiger charge is -2.22. The number of aromatic nitrogens is 1. The first-order chi connectivity index (χ1) is 10.3. The van der Waals surface area contributed by atoms with Crippen molar-refractivity contribution in [2.75, 3.05) is 20.3 Å². The number of thiophene rings is 1. The molecule has 0 aliphatic rings. The average molecular weight is 305 g/mol. The standard InChI is InChI=1S/C15H19N3O2S/c1-20-9-8-18(12-13-4-6-16-7-5-13)15(19)17-11-14-3-2-10-21-14/h2-7,10H,8-9,11-12H2,1H3,(H,17,19). The van der Waals surface area contributed by atoms with Crippen molar-refractivity contribution in [3.8, 4) is 0 Å². The summed E-state index contributed by atoms with van der Waals surface area (Å²) in [5, 5.41) is 4.94. The Balaban J connectivity index is 1.92. The zero-order valence-corrected chi connectivity index (χ0v) is 12.8. The molecule has 2 amide bonds. The summed E-state index contributed by atoms with van der Waals surface area (Å²) in [5.41, 5.74) is 1.05. The van der Waals surface area contributed by atoms with Crippen LogP contribution in [0.2, 0.25) is 0 Å². The fourth-order valence-electron chi connectivity index (χ4n) is 1.85. The summed E-state index contributed by atoms with van der Waals surface area (Å²) in [5.74, 6) is 0. The van der Waals surface area contributed by atoms with Gasteiger partial charge in [-0.25, -0.2) is 4.79 Å². The quantitative estimate of drug-likeness (QED) is 0.855. The van der Waals surface area contributed by atoms with E-state index >= 15 is 0 Å². The number of hydrogen-bond acceptors (Lipinski definition) is 4. The molecule has 0 saturated heterocycles. The highest BCUT2D eigenvalue weighted by Crippen LogP contribution is 2.08. The number of hydrogen-bond donors (Lipinski definition) is 1. The molecule has 112 valence electrons. The summed E-state index contributed by atoms with van der Waals surface area (Å²) >= 11 is 1.63. The normalized spacial score (nSPS) is 10.3. The molecule has 0 radical (unpaired) electrons. The van der Waals surface area contributed by atoms with E-state index in [0.717, 1.165) is 10.4 Å². The molecule has 0 unspecified atom stereocenters. The van der Waals surface area contributed by atoms with E-state index in [1.54, 1.807) is 35.7 Å². The van der Waals surface area contributed by atoms with Crippen LogP contribution in [0.15, 0.2) is 42.0 Å². The van der Waals surface area contributed by atoms with Gasteiger partial charge in [-0.1, -0.05) is 6.07 Å². The van der Waals surface area contributed by atoms with Crippen molar-refractivity contribution < 1.29 is 9.53 Å². The third-order valence-electron chi connectivity index (χ3n) is 2.97. The van der Waals surface area contributed by atoms with E-state index in [1.165, 1.54) is 0 Å². The Morgan fingerprint density at radius 3 is 2.86 bits per heavy atom. The highest BCUT2D eigenvalue weighted by Gasteiger charge is 2.13. The van der Waals surface area contributed by atoms with E-state index in [2.05, 4.69) is 10.3 Å². The van der Waals surface area contributed by atoms with Gasteiger partial charge in [-0.05, 0) is 29.1 Å². The van der Waals surface area contributed by atoms with Crippen molar-refractivity contribution in [2.45, 2.75) is 13.1 Å². The number of nitrogens with one attached hydrogen (secondary N) is 1. The van der Waals surface area contributed by atoms with Gasteiger partial charge in [-0.3, -0.25) is 4.98 Å². The summed E-state index contributed by atoms with van der Waals surface area (Å²) in [7, 11) is 1.63. The fraction of sp³-hybridized carbons (Fsp3) is 0.333. The topological polar surface area (TPSA) is 54.5 Å². The molecule has 21 heavy (non-hydrogen) atoms. The van der Waals surface area contributed by atoms with E-state index in [4.69, 9.17) is 4.74 Å². The van der Waals surface area contributed by atoms with Crippen LogP contribution in [-0.2, 0) is 17.8 Å².